The predicted octanol–water partition coefficient (Wildman–Crippen LogP) is -0.404. The highest BCUT2D eigenvalue weighted by Crippen LogP contribution is 2.09. The lowest BCUT2D eigenvalue weighted by Gasteiger charge is -2.34. The van der Waals surface area contributed by atoms with Crippen molar-refractivity contribution in [2.45, 2.75) is 19.4 Å². The van der Waals surface area contributed by atoms with Crippen molar-refractivity contribution in [2.75, 3.05) is 39.4 Å². The molecule has 18 heavy (non-hydrogen) atoms. The molecule has 7 nitrogen and oxygen atoms in total. The molecule has 1 heterocycles. The first-order chi connectivity index (χ1) is 8.60. The Balaban J connectivity index is 2.60. The molecule has 1 aliphatic heterocycles. The minimum absolute atomic E-state index is 0.0554. The third-order valence-corrected chi connectivity index (χ3v) is 2.75. The number of hydrogen-bond acceptors (Lipinski definition) is 4. The minimum atomic E-state index is -1.06. The molecule has 0 bridgehead atoms. The molecule has 0 radical (unpaired) electrons. The number of ether oxygens (including phenoxy) is 1. The van der Waals surface area contributed by atoms with Crippen LogP contribution in [0.5, 0.6) is 0 Å². The number of aliphatic hydroxyl groups excluding tert-OH is 1. The van der Waals surface area contributed by atoms with E-state index in [9.17, 15) is 9.59 Å². The summed E-state index contributed by atoms with van der Waals surface area (Å²) in [6.45, 7) is 3.32. The van der Waals surface area contributed by atoms with Gasteiger partial charge in [0.15, 0.2) is 6.10 Å². The lowest BCUT2D eigenvalue weighted by atomic mass is 10.3. The largest absolute Gasteiger partial charge is 0.479 e. The molecular formula is C11H20N2O5. The summed E-state index contributed by atoms with van der Waals surface area (Å²) >= 11 is 0. The number of aliphatic carboxylic acids is 1. The fourth-order valence-corrected chi connectivity index (χ4v) is 1.87. The van der Waals surface area contributed by atoms with Crippen LogP contribution in [0.2, 0.25) is 0 Å². The van der Waals surface area contributed by atoms with Gasteiger partial charge >= 0.3 is 12.0 Å². The molecule has 7 heteroatoms. The molecule has 0 aromatic rings. The third-order valence-electron chi connectivity index (χ3n) is 2.75. The Hall–Kier alpha value is -1.34. The van der Waals surface area contributed by atoms with Crippen molar-refractivity contribution in [3.63, 3.8) is 0 Å². The minimum Gasteiger partial charge on any atom is -0.479 e. The predicted molar refractivity (Wildman–Crippen MR) is 63.3 cm³/mol. The van der Waals surface area contributed by atoms with E-state index in [0.29, 0.717) is 13.1 Å². The Labute approximate surface area is 106 Å². The Bertz CT molecular complexity index is 291. The molecule has 0 aromatic heterocycles. The van der Waals surface area contributed by atoms with Gasteiger partial charge in [0.2, 0.25) is 0 Å². The number of hydrogen-bond donors (Lipinski definition) is 2. The second kappa shape index (κ2) is 7.17. The van der Waals surface area contributed by atoms with Crippen molar-refractivity contribution >= 4 is 12.0 Å². The van der Waals surface area contributed by atoms with E-state index < -0.39 is 12.1 Å². The van der Waals surface area contributed by atoms with Crippen LogP contribution in [0.25, 0.3) is 0 Å². The number of rotatable bonds is 5. The van der Waals surface area contributed by atoms with Gasteiger partial charge in [0.1, 0.15) is 0 Å². The van der Waals surface area contributed by atoms with Crippen molar-refractivity contribution in [1.29, 1.82) is 0 Å². The zero-order valence-corrected chi connectivity index (χ0v) is 10.5. The summed E-state index contributed by atoms with van der Waals surface area (Å²) in [4.78, 5) is 26.0. The Morgan fingerprint density at radius 2 is 2.17 bits per heavy atom. The van der Waals surface area contributed by atoms with E-state index in [2.05, 4.69) is 0 Å². The van der Waals surface area contributed by atoms with Crippen molar-refractivity contribution < 1.29 is 24.5 Å². The lowest BCUT2D eigenvalue weighted by Crippen LogP contribution is -2.53. The quantitative estimate of drug-likeness (QED) is 0.701. The monoisotopic (exact) mass is 260 g/mol. The van der Waals surface area contributed by atoms with E-state index in [4.69, 9.17) is 14.9 Å². The normalized spacial score (nSPS) is 19.7. The highest BCUT2D eigenvalue weighted by molar-refractivity contribution is 5.77. The molecule has 1 saturated heterocycles. The molecule has 104 valence electrons. The SMILES string of the molecule is CCCN(CCO)C(=O)N1CCOC(C(=O)O)C1. The maximum atomic E-state index is 12.1. The first-order valence-electron chi connectivity index (χ1n) is 6.09. The maximum Gasteiger partial charge on any atom is 0.334 e. The second-order valence-electron chi connectivity index (χ2n) is 4.14. The van der Waals surface area contributed by atoms with Crippen LogP contribution in [-0.2, 0) is 9.53 Å². The standard InChI is InChI=1S/C11H20N2O5/c1-2-3-12(4-6-14)11(17)13-5-7-18-9(8-13)10(15)16/h9,14H,2-8H2,1H3,(H,15,16). The Kier molecular flexibility index (Phi) is 5.87. The number of carboxylic acids is 1. The average molecular weight is 260 g/mol. The second-order valence-corrected chi connectivity index (χ2v) is 4.14. The summed E-state index contributed by atoms with van der Waals surface area (Å²) in [7, 11) is 0. The summed E-state index contributed by atoms with van der Waals surface area (Å²) in [5.41, 5.74) is 0. The van der Waals surface area contributed by atoms with Gasteiger partial charge in [-0.25, -0.2) is 9.59 Å². The van der Waals surface area contributed by atoms with Crippen molar-refractivity contribution in [2.24, 2.45) is 0 Å². The van der Waals surface area contributed by atoms with Crippen LogP contribution >= 0.6 is 0 Å². The number of nitrogens with zero attached hydrogens (tertiary/aromatic N) is 2. The molecule has 1 unspecified atom stereocenters. The van der Waals surface area contributed by atoms with Gasteiger partial charge in [0, 0.05) is 19.6 Å². The van der Waals surface area contributed by atoms with Crippen LogP contribution in [0.4, 0.5) is 4.79 Å². The van der Waals surface area contributed by atoms with Gasteiger partial charge < -0.3 is 24.7 Å². The van der Waals surface area contributed by atoms with Gasteiger partial charge in [-0.05, 0) is 6.42 Å². The van der Waals surface area contributed by atoms with Crippen LogP contribution in [-0.4, -0.2) is 77.5 Å². The summed E-state index contributed by atoms with van der Waals surface area (Å²) in [6, 6.07) is -0.236. The fraction of sp³-hybridized carbons (Fsp3) is 0.818. The van der Waals surface area contributed by atoms with E-state index in [1.165, 1.54) is 9.80 Å². The summed E-state index contributed by atoms with van der Waals surface area (Å²) in [6.07, 6.45) is -0.168. The highest BCUT2D eigenvalue weighted by Gasteiger charge is 2.30. The number of amides is 2. The molecule has 1 atom stereocenters. The average Bonchev–Trinajstić information content (AvgIpc) is 2.38. The van der Waals surface area contributed by atoms with E-state index >= 15 is 0 Å². The van der Waals surface area contributed by atoms with Crippen molar-refractivity contribution in [3.05, 3.63) is 0 Å². The smallest absolute Gasteiger partial charge is 0.334 e. The van der Waals surface area contributed by atoms with E-state index in [1.54, 1.807) is 0 Å². The summed E-state index contributed by atoms with van der Waals surface area (Å²) in [5, 5.41) is 17.8. The number of morpholine rings is 1. The van der Waals surface area contributed by atoms with E-state index in [0.717, 1.165) is 6.42 Å². The van der Waals surface area contributed by atoms with Crippen LogP contribution < -0.4 is 0 Å². The molecule has 1 rings (SSSR count). The van der Waals surface area contributed by atoms with Crippen molar-refractivity contribution in [1.82, 2.24) is 9.80 Å². The highest BCUT2D eigenvalue weighted by atomic mass is 16.5. The molecule has 0 saturated carbocycles. The first-order valence-corrected chi connectivity index (χ1v) is 6.09. The van der Waals surface area contributed by atoms with E-state index in [-0.39, 0.29) is 32.3 Å². The maximum absolute atomic E-state index is 12.1. The first kappa shape index (κ1) is 14.7. The van der Waals surface area contributed by atoms with Gasteiger partial charge in [0.25, 0.3) is 0 Å². The van der Waals surface area contributed by atoms with E-state index in [1.807, 2.05) is 6.92 Å². The molecule has 1 aliphatic rings. The third kappa shape index (κ3) is 3.85. The zero-order valence-electron chi connectivity index (χ0n) is 10.5. The Morgan fingerprint density at radius 1 is 1.44 bits per heavy atom. The van der Waals surface area contributed by atoms with Gasteiger partial charge in [0.05, 0.1) is 19.8 Å². The molecule has 2 N–H and O–H groups in total. The number of carbonyl (C=O) groups is 2. The molecule has 0 aliphatic carbocycles. The number of urea groups is 1. The Morgan fingerprint density at radius 3 is 2.72 bits per heavy atom. The lowest BCUT2D eigenvalue weighted by molar-refractivity contribution is -0.154. The van der Waals surface area contributed by atoms with Crippen LogP contribution in [0, 0.1) is 0 Å². The summed E-state index contributed by atoms with van der Waals surface area (Å²) in [5.74, 6) is -1.06. The van der Waals surface area contributed by atoms with Crippen LogP contribution in [0.1, 0.15) is 13.3 Å². The van der Waals surface area contributed by atoms with Crippen molar-refractivity contribution in [3.8, 4) is 0 Å². The number of carboxylic acid groups (broad SMARTS) is 1. The fourth-order valence-electron chi connectivity index (χ4n) is 1.87. The molecule has 0 aromatic carbocycles. The molecule has 0 spiro atoms. The molecular weight excluding hydrogens is 240 g/mol. The zero-order chi connectivity index (χ0) is 13.5. The van der Waals surface area contributed by atoms with Gasteiger partial charge in [-0.2, -0.15) is 0 Å². The van der Waals surface area contributed by atoms with Gasteiger partial charge in [-0.3, -0.25) is 0 Å². The van der Waals surface area contributed by atoms with Crippen LogP contribution in [0.15, 0.2) is 0 Å². The van der Waals surface area contributed by atoms with Crippen LogP contribution in [0.3, 0.4) is 0 Å². The van der Waals surface area contributed by atoms with Gasteiger partial charge in [-0.1, -0.05) is 6.92 Å². The molecule has 2 amide bonds. The number of carbonyl (C=O) groups excluding carboxylic acids is 1. The summed E-state index contributed by atoms with van der Waals surface area (Å²) < 4.78 is 5.06. The topological polar surface area (TPSA) is 90.3 Å². The molecule has 1 fully saturated rings. The number of aliphatic hydroxyl groups is 1. The van der Waals surface area contributed by atoms with Gasteiger partial charge in [-0.15, -0.1) is 0 Å².